The van der Waals surface area contributed by atoms with E-state index in [-0.39, 0.29) is 156 Å². The lowest BCUT2D eigenvalue weighted by Crippen LogP contribution is -2.25. The van der Waals surface area contributed by atoms with Crippen LogP contribution in [-0.4, -0.2) is 123 Å². The zero-order valence-corrected chi connectivity index (χ0v) is 78.0. The molecule has 734 valence electrons. The van der Waals surface area contributed by atoms with Crippen LogP contribution in [0.25, 0.3) is 22.5 Å². The standard InChI is InChI=1S/C22H21N7O.C17H14N6O2.C13H17NO3.C13H15NO2.C13H16O4.2C4H8N2.C2H3ClO2.CH3F.5CH4.Cl3OP.H2S/c1-3-16(11-24)10-20(30)17-4-6-18(7-5-17)21-15(2)12-25-22(28-21)27-19-13-26-29(14-19)9-8-23;1-11-8-19-17(21-14-9-20-23(10-14)7-6-18)22-15(11)12-2-4-13(5-3-12)16(24)25;1-2-11(13(14)16)8-12(15)17-9-10-6-4-3-5-7-10;1-2-11(9-14)8-13(15)16-10-12-6-4-3-5-7-12;1-2-11(13(15)16)8-12(14)17-9-10-6-4-3-5-7-10;2*1-2-4(6)3-5;1-5-2(3)4;1-2;;;;;;1-5(2,3)4;/h4-7,12-14,16H,3,9-10H2,1-2H3,(H,25,27,28);2-5,8-10H,7H2,1H3,(H,24,25)(H,19,21,22);3-7,11H,2,8-9H2,1H3,(H2,14,16);3-7,11H,2,8,10H2,1H3;3-7,11H,2,8-9H2,1H3,(H,15,16);2*4H,2,6H2,1H3;1H3;1H3;5*1H4;;1H2/t16-;;3*11-;2*4-;;;;;;;;;/m1.11100........./s1/i;;;;;;;;1D;;;;;;;. The number of ketones is 1. The van der Waals surface area contributed by atoms with Gasteiger partial charge in [-0.2, -0.15) is 55.3 Å². The fourth-order valence-electron chi connectivity index (χ4n) is 9.54. The molecule has 4 aromatic heterocycles. The van der Waals surface area contributed by atoms with Crippen molar-refractivity contribution in [2.45, 2.75) is 202 Å². The van der Waals surface area contributed by atoms with Gasteiger partial charge in [0.1, 0.15) is 32.9 Å². The number of nitrogens with two attached hydrogens (primary N) is 3. The van der Waals surface area contributed by atoms with Crippen molar-refractivity contribution in [3.63, 3.8) is 0 Å². The lowest BCUT2D eigenvalue weighted by atomic mass is 9.96. The van der Waals surface area contributed by atoms with Crippen molar-refractivity contribution in [1.82, 2.24) is 39.5 Å². The number of nitriles is 6. The average Bonchev–Trinajstić information content (AvgIpc) is 1.16. The number of nitrogens with zero attached hydrogens (tertiary/aromatic N) is 14. The van der Waals surface area contributed by atoms with Crippen LogP contribution in [0.4, 0.5) is 32.5 Å². The quantitative estimate of drug-likeness (QED) is 0.00677. The van der Waals surface area contributed by atoms with Crippen molar-refractivity contribution in [1.29, 1.82) is 31.6 Å². The molecule has 34 nitrogen and oxygen atoms in total. The lowest BCUT2D eigenvalue weighted by molar-refractivity contribution is -0.152. The summed E-state index contributed by atoms with van der Waals surface area (Å²) in [5.74, 6) is -4.36. The van der Waals surface area contributed by atoms with E-state index < -0.39 is 53.4 Å². The van der Waals surface area contributed by atoms with Crippen LogP contribution in [0.3, 0.4) is 0 Å². The minimum absolute atomic E-state index is 0. The van der Waals surface area contributed by atoms with Crippen LogP contribution < -0.4 is 27.8 Å². The van der Waals surface area contributed by atoms with Gasteiger partial charge in [0, 0.05) is 65.4 Å². The molecule has 4 heterocycles. The molecule has 0 saturated carbocycles. The van der Waals surface area contributed by atoms with E-state index in [0.717, 1.165) is 57.5 Å². The van der Waals surface area contributed by atoms with E-state index in [4.69, 9.17) is 74.6 Å². The number of carboxylic acids is 2. The number of aromatic nitrogens is 8. The molecule has 0 spiro atoms. The average molecular weight is 1990 g/mol. The molecule has 0 aliphatic heterocycles. The number of carbonyl (C=O) groups excluding carboxylic acids is 6. The maximum atomic E-state index is 12.4. The van der Waals surface area contributed by atoms with E-state index in [2.05, 4.69) is 103 Å². The smallest absolute Gasteiger partial charge is 0.403 e. The predicted molar refractivity (Wildman–Crippen MR) is 531 cm³/mol. The molecule has 0 unspecified atom stereocenters. The Kier molecular flexibility index (Phi) is 77.9. The number of aromatic carboxylic acids is 1. The number of aliphatic carboxylic acids is 1. The zero-order valence-electron chi connectivity index (χ0n) is 74.1. The van der Waals surface area contributed by atoms with Gasteiger partial charge in [0.15, 0.2) is 5.78 Å². The Bertz CT molecular complexity index is 5130. The highest BCUT2D eigenvalue weighted by atomic mass is 36.0. The Labute approximate surface area is 820 Å². The van der Waals surface area contributed by atoms with Gasteiger partial charge in [0.25, 0.3) is 0 Å². The summed E-state index contributed by atoms with van der Waals surface area (Å²) in [5, 5.41) is 79.9. The van der Waals surface area contributed by atoms with Crippen LogP contribution in [0.15, 0.2) is 177 Å². The maximum Gasteiger partial charge on any atom is 0.403 e. The molecule has 9 rings (SSSR count). The van der Waals surface area contributed by atoms with Gasteiger partial charge in [0.2, 0.25) is 17.8 Å². The third-order valence-corrected chi connectivity index (χ3v) is 17.1. The molecule has 0 bridgehead atoms. The Balaban J connectivity index is -0.000000288. The summed E-state index contributed by atoms with van der Waals surface area (Å²) in [6, 6.07) is 53.5. The SMILES string of the molecule is C.C.C.C.C.CC[C@@H](C#N)CC(=O)OCc1ccccc1.CC[C@@H](C#N)CC(=O)c1ccc(-c2nc(Nc3cnn(CC#N)c3)ncc2C)cc1.CC[C@H](CC(=O)OCc1ccccc1)C(=O)O.CC[C@H](CC(=O)OCc1ccccc1)C(N)=O.CC[C@H](N)C#N.CC[C@H](N)C#N.COC(=O)Cl.Cc1cnc(Nc2cnn(CC#N)c2)nc1-c1ccc(C(=O)O)cc1.O=P(Cl)(Cl)Cl.S.[2H]CF. The first-order chi connectivity index (χ1) is 61.9. The number of carboxylic acid groups (broad SMARTS) is 2. The monoisotopic (exact) mass is 1980 g/mol. The first kappa shape index (κ1) is 133. The first-order valence-electron chi connectivity index (χ1n) is 40.1. The van der Waals surface area contributed by atoms with Crippen LogP contribution in [0.1, 0.15) is 193 Å². The minimum Gasteiger partial charge on any atom is -0.481 e. The van der Waals surface area contributed by atoms with Gasteiger partial charge in [-0.3, -0.25) is 47.1 Å². The molecule has 0 radical (unpaired) electrons. The molecule has 0 aliphatic rings. The van der Waals surface area contributed by atoms with Crippen LogP contribution in [-0.2, 0) is 80.4 Å². The summed E-state index contributed by atoms with van der Waals surface area (Å²) in [4.78, 5) is 106. The van der Waals surface area contributed by atoms with Gasteiger partial charge in [-0.05, 0) is 126 Å². The second-order valence-electron chi connectivity index (χ2n) is 26.6. The molecule has 10 N–H and O–H groups in total. The number of esters is 3. The summed E-state index contributed by atoms with van der Waals surface area (Å²) < 4.78 is 47.1. The lowest BCUT2D eigenvalue weighted by Gasteiger charge is -2.10. The van der Waals surface area contributed by atoms with Gasteiger partial charge in [0.05, 0.1) is 142 Å². The molecular formula is C94H127Cl4FN19O15PS. The highest BCUT2D eigenvalue weighted by molar-refractivity contribution is 8.24. The number of primary amides is 1. The summed E-state index contributed by atoms with van der Waals surface area (Å²) in [6.07, 6.45) is 14.2. The van der Waals surface area contributed by atoms with Crippen LogP contribution in [0.5, 0.6) is 0 Å². The third-order valence-electron chi connectivity index (χ3n) is 16.9. The highest BCUT2D eigenvalue weighted by Gasteiger charge is 2.22. The number of amides is 1. The van der Waals surface area contributed by atoms with Crippen LogP contribution in [0, 0.1) is 106 Å². The topological polar surface area (TPSA) is 563 Å². The minimum atomic E-state index is -3.22. The highest BCUT2D eigenvalue weighted by Crippen LogP contribution is 2.61. The van der Waals surface area contributed by atoms with E-state index in [9.17, 15) is 47.3 Å². The summed E-state index contributed by atoms with van der Waals surface area (Å²) in [6.45, 7) is 16.0. The number of alkyl halides is 1. The largest absolute Gasteiger partial charge is 0.481 e. The third kappa shape index (κ3) is 62.0. The number of rotatable bonds is 32. The van der Waals surface area contributed by atoms with Crippen molar-refractivity contribution in [2.75, 3.05) is 24.9 Å². The van der Waals surface area contributed by atoms with E-state index in [0.29, 0.717) is 60.2 Å². The number of carbonyl (C=O) groups is 8. The summed E-state index contributed by atoms with van der Waals surface area (Å²) in [5.41, 5.74) is 24.4. The number of aryl methyl sites for hydroxylation is 2. The number of ether oxygens (including phenoxy) is 4. The normalized spacial score (nSPS) is 10.7. The van der Waals surface area contributed by atoms with E-state index in [1.165, 1.54) is 28.6 Å². The molecule has 0 aliphatic carbocycles. The molecule has 41 heteroatoms. The Morgan fingerprint density at radius 3 is 1.10 bits per heavy atom. The number of hydrogen-bond acceptors (Lipinski definition) is 29. The molecule has 5 aromatic carbocycles. The number of methoxy groups -OCH3 is 1. The number of halogens is 5. The van der Waals surface area contributed by atoms with Gasteiger partial charge in [-0.25, -0.2) is 29.5 Å². The molecular weight excluding hydrogens is 1860 g/mol. The summed E-state index contributed by atoms with van der Waals surface area (Å²) >= 11 is 18.5. The van der Waals surface area contributed by atoms with Gasteiger partial charge in [-0.15, -0.1) is 0 Å². The maximum absolute atomic E-state index is 12.4. The number of benzene rings is 5. The van der Waals surface area contributed by atoms with Gasteiger partial charge < -0.3 is 57.0 Å². The number of nitrogens with one attached hydrogen (secondary N) is 2. The number of Topliss-reactive ketones (excluding diaryl/α,β-unsaturated/α-hetero) is 1. The van der Waals surface area contributed by atoms with E-state index in [1.54, 1.807) is 68.4 Å². The molecule has 1 amide bonds. The fourth-order valence-corrected chi connectivity index (χ4v) is 9.54. The Morgan fingerprint density at radius 1 is 0.511 bits per heavy atom. The molecule has 135 heavy (non-hydrogen) atoms. The van der Waals surface area contributed by atoms with Crippen molar-refractivity contribution in [3.05, 3.63) is 216 Å². The second kappa shape index (κ2) is 79.3. The van der Waals surface area contributed by atoms with E-state index in [1.807, 2.05) is 176 Å². The molecule has 6 atom stereocenters. The Hall–Kier alpha value is -13.2. The number of hydrogen-bond donors (Lipinski definition) is 7. The molecule has 0 saturated heterocycles. The van der Waals surface area contributed by atoms with Gasteiger partial charge >= 0.3 is 40.5 Å². The fraction of sp³-hybridized carbons (Fsp3) is 0.383. The van der Waals surface area contributed by atoms with Crippen LogP contribution in [0.2, 0.25) is 0 Å². The van der Waals surface area contributed by atoms with Crippen molar-refractivity contribution >= 4 is 134 Å². The first-order valence-corrected chi connectivity index (χ1v) is 44.2. The molecule has 0 fully saturated rings. The summed E-state index contributed by atoms with van der Waals surface area (Å²) in [7, 11) is 0.218. The number of anilines is 4. The van der Waals surface area contributed by atoms with E-state index >= 15 is 0 Å². The van der Waals surface area contributed by atoms with Crippen molar-refractivity contribution in [3.8, 4) is 58.9 Å². The predicted octanol–water partition coefficient (Wildman–Crippen LogP) is 21.4. The Morgan fingerprint density at radius 2 is 0.830 bits per heavy atom. The van der Waals surface area contributed by atoms with Crippen LogP contribution >= 0.6 is 64.0 Å². The van der Waals surface area contributed by atoms with Gasteiger partial charge in [-0.1, -0.05) is 206 Å². The van der Waals surface area contributed by atoms with Crippen molar-refractivity contribution < 1.29 is 77.8 Å². The zero-order chi connectivity index (χ0) is 97.9. The van der Waals surface area contributed by atoms with Crippen molar-refractivity contribution in [2.24, 2.45) is 40.9 Å². The second-order valence-corrected chi connectivity index (χ2v) is 33.5. The molecule has 9 aromatic rings.